The van der Waals surface area contributed by atoms with Crippen LogP contribution in [0.15, 0.2) is 35.7 Å². The number of benzene rings is 1. The van der Waals surface area contributed by atoms with Gasteiger partial charge in [-0.15, -0.1) is 11.3 Å². The molecule has 0 aliphatic heterocycles. The maximum atomic E-state index is 12.3. The van der Waals surface area contributed by atoms with Gasteiger partial charge in [-0.1, -0.05) is 6.07 Å². The molecule has 0 saturated heterocycles. The molecule has 3 rings (SSSR count). The number of anilines is 4. The van der Waals surface area contributed by atoms with Gasteiger partial charge >= 0.3 is 0 Å². The maximum Gasteiger partial charge on any atom is 0.230 e. The molecule has 1 aromatic carbocycles. The van der Waals surface area contributed by atoms with Gasteiger partial charge < -0.3 is 16.0 Å². The summed E-state index contributed by atoms with van der Waals surface area (Å²) in [5.41, 5.74) is 3.61. The Morgan fingerprint density at radius 3 is 2.36 bits per heavy atom. The van der Waals surface area contributed by atoms with E-state index in [0.29, 0.717) is 28.1 Å². The second-order valence-corrected chi connectivity index (χ2v) is 7.09. The van der Waals surface area contributed by atoms with Gasteiger partial charge in [0.2, 0.25) is 17.8 Å². The van der Waals surface area contributed by atoms with Crippen molar-refractivity contribution in [2.75, 3.05) is 16.0 Å². The molecule has 8 nitrogen and oxygen atoms in total. The lowest BCUT2D eigenvalue weighted by molar-refractivity contribution is -0.116. The molecule has 3 aromatic rings. The Balaban J connectivity index is 1.60. The average molecular weight is 396 g/mol. The number of nitrogens with zero attached hydrogens (tertiary/aromatic N) is 3. The highest BCUT2D eigenvalue weighted by Gasteiger charge is 2.10. The van der Waals surface area contributed by atoms with Crippen LogP contribution in [0.3, 0.4) is 0 Å². The van der Waals surface area contributed by atoms with Crippen molar-refractivity contribution in [3.8, 4) is 0 Å². The highest BCUT2D eigenvalue weighted by Crippen LogP contribution is 2.20. The third-order valence-electron chi connectivity index (χ3n) is 3.56. The van der Waals surface area contributed by atoms with Crippen LogP contribution >= 0.6 is 11.3 Å². The summed E-state index contributed by atoms with van der Waals surface area (Å²) in [5.74, 6) is 0.121. The topological polar surface area (TPSA) is 109 Å². The predicted molar refractivity (Wildman–Crippen MR) is 110 cm³/mol. The van der Waals surface area contributed by atoms with Crippen molar-refractivity contribution in [1.82, 2.24) is 15.0 Å². The fourth-order valence-corrected chi connectivity index (χ4v) is 3.27. The molecule has 144 valence electrons. The molecular formula is C19H20N6O2S. The van der Waals surface area contributed by atoms with Crippen LogP contribution < -0.4 is 16.0 Å². The van der Waals surface area contributed by atoms with Gasteiger partial charge in [0.25, 0.3) is 0 Å². The van der Waals surface area contributed by atoms with E-state index in [1.807, 2.05) is 25.3 Å². The van der Waals surface area contributed by atoms with E-state index in [0.717, 1.165) is 11.4 Å². The Morgan fingerprint density at radius 1 is 1.00 bits per heavy atom. The summed E-state index contributed by atoms with van der Waals surface area (Å²) in [4.78, 5) is 36.5. The average Bonchev–Trinajstić information content (AvgIpc) is 3.00. The van der Waals surface area contributed by atoms with Crippen LogP contribution in [-0.2, 0) is 16.0 Å². The highest BCUT2D eigenvalue weighted by molar-refractivity contribution is 7.13. The maximum absolute atomic E-state index is 12.3. The third-order valence-corrected chi connectivity index (χ3v) is 4.37. The lowest BCUT2D eigenvalue weighted by Gasteiger charge is -2.07. The molecule has 2 heterocycles. The van der Waals surface area contributed by atoms with Crippen LogP contribution in [0.5, 0.6) is 0 Å². The van der Waals surface area contributed by atoms with E-state index in [2.05, 4.69) is 30.9 Å². The van der Waals surface area contributed by atoms with Gasteiger partial charge in [-0.05, 0) is 38.1 Å². The number of carbonyl (C=O) groups is 2. The number of hydrogen-bond donors (Lipinski definition) is 3. The third kappa shape index (κ3) is 5.58. The van der Waals surface area contributed by atoms with Crippen molar-refractivity contribution in [2.24, 2.45) is 0 Å². The van der Waals surface area contributed by atoms with Gasteiger partial charge in [0.15, 0.2) is 5.13 Å². The van der Waals surface area contributed by atoms with E-state index < -0.39 is 0 Å². The van der Waals surface area contributed by atoms with E-state index in [9.17, 15) is 9.59 Å². The van der Waals surface area contributed by atoms with E-state index >= 15 is 0 Å². The van der Waals surface area contributed by atoms with Gasteiger partial charge in [-0.25, -0.2) is 15.0 Å². The summed E-state index contributed by atoms with van der Waals surface area (Å²) < 4.78 is 0. The van der Waals surface area contributed by atoms with E-state index in [-0.39, 0.29) is 18.2 Å². The smallest absolute Gasteiger partial charge is 0.230 e. The van der Waals surface area contributed by atoms with Gasteiger partial charge in [-0.2, -0.15) is 0 Å². The Hall–Kier alpha value is -3.33. The summed E-state index contributed by atoms with van der Waals surface area (Å²) in [5, 5.41) is 11.0. The summed E-state index contributed by atoms with van der Waals surface area (Å²) in [6.07, 6.45) is 0.135. The molecule has 0 atom stereocenters. The van der Waals surface area contributed by atoms with Gasteiger partial charge in [0, 0.05) is 35.1 Å². The van der Waals surface area contributed by atoms with Gasteiger partial charge in [-0.3, -0.25) is 9.59 Å². The first kappa shape index (κ1) is 19.4. The zero-order chi connectivity index (χ0) is 20.1. The summed E-state index contributed by atoms with van der Waals surface area (Å²) in [6, 6.07) is 8.86. The molecule has 28 heavy (non-hydrogen) atoms. The number of nitrogens with one attached hydrogen (secondary N) is 3. The fourth-order valence-electron chi connectivity index (χ4n) is 2.57. The molecule has 0 bridgehead atoms. The minimum atomic E-state index is -0.195. The zero-order valence-corrected chi connectivity index (χ0v) is 16.6. The number of carbonyl (C=O) groups excluding carboxylic acids is 2. The quantitative estimate of drug-likeness (QED) is 0.589. The second-order valence-electron chi connectivity index (χ2n) is 6.23. The molecular weight excluding hydrogens is 376 g/mol. The minimum Gasteiger partial charge on any atom is -0.326 e. The minimum absolute atomic E-state index is 0.135. The van der Waals surface area contributed by atoms with Crippen molar-refractivity contribution in [3.63, 3.8) is 0 Å². The molecule has 0 unspecified atom stereocenters. The first-order chi connectivity index (χ1) is 13.4. The monoisotopic (exact) mass is 396 g/mol. The van der Waals surface area contributed by atoms with Crippen LogP contribution in [0.4, 0.5) is 22.5 Å². The Bertz CT molecular complexity index is 997. The number of aryl methyl sites for hydroxylation is 2. The normalized spacial score (nSPS) is 10.4. The number of hydrogen-bond acceptors (Lipinski definition) is 7. The Kier molecular flexibility index (Phi) is 5.95. The lowest BCUT2D eigenvalue weighted by Crippen LogP contribution is -2.15. The van der Waals surface area contributed by atoms with Crippen molar-refractivity contribution >= 4 is 45.6 Å². The molecule has 2 aromatic heterocycles. The molecule has 3 N–H and O–H groups in total. The molecule has 9 heteroatoms. The molecule has 0 aliphatic rings. The number of amides is 2. The van der Waals surface area contributed by atoms with Gasteiger partial charge in [0.1, 0.15) is 0 Å². The molecule has 0 spiro atoms. The van der Waals surface area contributed by atoms with Crippen molar-refractivity contribution in [3.05, 3.63) is 52.8 Å². The fraction of sp³-hybridized carbons (Fsp3) is 0.211. The second kappa shape index (κ2) is 8.57. The molecule has 0 aliphatic carbocycles. The van der Waals surface area contributed by atoms with Crippen molar-refractivity contribution < 1.29 is 9.59 Å². The zero-order valence-electron chi connectivity index (χ0n) is 15.7. The van der Waals surface area contributed by atoms with E-state index in [1.165, 1.54) is 18.3 Å². The van der Waals surface area contributed by atoms with E-state index in [1.54, 1.807) is 24.3 Å². The number of thiazole rings is 1. The van der Waals surface area contributed by atoms with Crippen LogP contribution in [0.2, 0.25) is 0 Å². The standard InChI is InChI=1S/C19H20N6O2S/c1-11-7-12(2)21-18(20-11)25-19-24-16(10-28-19)9-17(27)23-15-6-4-5-14(8-15)22-13(3)26/h4-8,10H,9H2,1-3H3,(H,22,26)(H,23,27)(H,20,21,24,25). The molecule has 0 fully saturated rings. The van der Waals surface area contributed by atoms with Gasteiger partial charge in [0.05, 0.1) is 12.1 Å². The number of rotatable bonds is 6. The van der Waals surface area contributed by atoms with E-state index in [4.69, 9.17) is 0 Å². The predicted octanol–water partition coefficient (Wildman–Crippen LogP) is 3.43. The molecule has 0 saturated carbocycles. The van der Waals surface area contributed by atoms with Crippen molar-refractivity contribution in [2.45, 2.75) is 27.2 Å². The summed E-state index contributed by atoms with van der Waals surface area (Å²) >= 11 is 1.38. The highest BCUT2D eigenvalue weighted by atomic mass is 32.1. The van der Waals surface area contributed by atoms with Crippen LogP contribution in [0.1, 0.15) is 24.0 Å². The Labute approximate surface area is 166 Å². The number of aromatic nitrogens is 3. The van der Waals surface area contributed by atoms with Crippen molar-refractivity contribution in [1.29, 1.82) is 0 Å². The Morgan fingerprint density at radius 2 is 1.68 bits per heavy atom. The first-order valence-electron chi connectivity index (χ1n) is 8.58. The lowest BCUT2D eigenvalue weighted by atomic mass is 10.2. The van der Waals surface area contributed by atoms with Crippen LogP contribution in [0, 0.1) is 13.8 Å². The van der Waals surface area contributed by atoms with Crippen LogP contribution in [0.25, 0.3) is 0 Å². The summed E-state index contributed by atoms with van der Waals surface area (Å²) in [7, 11) is 0. The summed E-state index contributed by atoms with van der Waals surface area (Å²) in [6.45, 7) is 5.24. The van der Waals surface area contributed by atoms with Crippen LogP contribution in [-0.4, -0.2) is 26.8 Å². The largest absolute Gasteiger partial charge is 0.326 e. The first-order valence-corrected chi connectivity index (χ1v) is 9.46. The SMILES string of the molecule is CC(=O)Nc1cccc(NC(=O)Cc2csc(Nc3nc(C)cc(C)n3)n2)c1. The molecule has 2 amide bonds. The molecule has 0 radical (unpaired) electrons.